The van der Waals surface area contributed by atoms with Crippen molar-refractivity contribution in [3.8, 4) is 0 Å². The number of nitrogens with one attached hydrogen (secondary N) is 1. The monoisotopic (exact) mass is 274 g/mol. The van der Waals surface area contributed by atoms with Crippen molar-refractivity contribution in [2.24, 2.45) is 5.92 Å². The molecule has 2 unspecified atom stereocenters. The van der Waals surface area contributed by atoms with Crippen LogP contribution in [0.15, 0.2) is 24.3 Å². The second-order valence-corrected chi connectivity index (χ2v) is 6.75. The van der Waals surface area contributed by atoms with Crippen LogP contribution in [0.25, 0.3) is 10.2 Å². The number of para-hydroxylation sites is 1. The second-order valence-electron chi connectivity index (χ2n) is 5.69. The number of nitrogens with zero attached hydrogens (tertiary/aromatic N) is 1. The molecule has 1 saturated carbocycles. The molecular formula is C16H22N2S. The highest BCUT2D eigenvalue weighted by Gasteiger charge is 2.25. The van der Waals surface area contributed by atoms with E-state index in [0.29, 0.717) is 12.1 Å². The summed E-state index contributed by atoms with van der Waals surface area (Å²) in [4.78, 5) is 4.75. The molecule has 3 heteroatoms. The predicted molar refractivity (Wildman–Crippen MR) is 82.6 cm³/mol. The van der Waals surface area contributed by atoms with E-state index in [4.69, 9.17) is 4.98 Å². The Kier molecular flexibility index (Phi) is 3.85. The third-order valence-corrected chi connectivity index (χ3v) is 5.19. The van der Waals surface area contributed by atoms with Gasteiger partial charge in [0.25, 0.3) is 0 Å². The van der Waals surface area contributed by atoms with E-state index in [1.165, 1.54) is 35.4 Å². The first kappa shape index (κ1) is 13.1. The number of aromatic nitrogens is 1. The maximum Gasteiger partial charge on any atom is 0.111 e. The first-order chi connectivity index (χ1) is 9.26. The average molecular weight is 274 g/mol. The van der Waals surface area contributed by atoms with Crippen molar-refractivity contribution in [1.82, 2.24) is 10.3 Å². The lowest BCUT2D eigenvalue weighted by atomic mass is 10.1. The van der Waals surface area contributed by atoms with E-state index in [1.807, 2.05) is 11.3 Å². The van der Waals surface area contributed by atoms with Crippen LogP contribution in [-0.4, -0.2) is 11.0 Å². The van der Waals surface area contributed by atoms with E-state index in [9.17, 15) is 0 Å². The van der Waals surface area contributed by atoms with Gasteiger partial charge in [0.05, 0.1) is 16.3 Å². The van der Waals surface area contributed by atoms with Gasteiger partial charge in [0.1, 0.15) is 5.01 Å². The molecule has 2 nitrogen and oxygen atoms in total. The number of hydrogen-bond donors (Lipinski definition) is 1. The molecule has 0 radical (unpaired) electrons. The zero-order valence-electron chi connectivity index (χ0n) is 11.7. The Labute approximate surface area is 119 Å². The van der Waals surface area contributed by atoms with Crippen LogP contribution in [0.4, 0.5) is 0 Å². The molecule has 0 spiro atoms. The fourth-order valence-electron chi connectivity index (χ4n) is 2.61. The molecule has 2 atom stereocenters. The maximum absolute atomic E-state index is 4.75. The molecule has 102 valence electrons. The van der Waals surface area contributed by atoms with Crippen LogP contribution in [0.2, 0.25) is 0 Å². The molecule has 1 fully saturated rings. The van der Waals surface area contributed by atoms with E-state index in [2.05, 4.69) is 43.4 Å². The molecule has 1 aliphatic carbocycles. The van der Waals surface area contributed by atoms with Crippen molar-refractivity contribution >= 4 is 21.6 Å². The summed E-state index contributed by atoms with van der Waals surface area (Å²) < 4.78 is 1.29. The Morgan fingerprint density at radius 1 is 1.37 bits per heavy atom. The highest BCUT2D eigenvalue weighted by molar-refractivity contribution is 7.18. The van der Waals surface area contributed by atoms with E-state index in [1.54, 1.807) is 0 Å². The van der Waals surface area contributed by atoms with E-state index < -0.39 is 0 Å². The molecule has 1 heterocycles. The van der Waals surface area contributed by atoms with Gasteiger partial charge in [-0.15, -0.1) is 11.3 Å². The molecule has 0 aliphatic heterocycles. The molecule has 0 bridgehead atoms. The molecule has 19 heavy (non-hydrogen) atoms. The van der Waals surface area contributed by atoms with Crippen molar-refractivity contribution < 1.29 is 0 Å². The van der Waals surface area contributed by atoms with E-state index in [0.717, 1.165) is 11.4 Å². The molecule has 1 aromatic heterocycles. The van der Waals surface area contributed by atoms with Gasteiger partial charge in [-0.05, 0) is 37.8 Å². The molecule has 3 rings (SSSR count). The fraction of sp³-hybridized carbons (Fsp3) is 0.562. The van der Waals surface area contributed by atoms with Crippen LogP contribution < -0.4 is 5.32 Å². The van der Waals surface area contributed by atoms with Gasteiger partial charge in [0.2, 0.25) is 0 Å². The number of rotatable bonds is 6. The molecule has 0 amide bonds. The lowest BCUT2D eigenvalue weighted by molar-refractivity contribution is 0.403. The summed E-state index contributed by atoms with van der Waals surface area (Å²) in [5, 5.41) is 4.98. The van der Waals surface area contributed by atoms with E-state index >= 15 is 0 Å². The minimum atomic E-state index is 0.362. The number of thiazole rings is 1. The van der Waals surface area contributed by atoms with Gasteiger partial charge in [-0.3, -0.25) is 0 Å². The standard InChI is InChI=1S/C16H22N2S/c1-3-13(10-12-8-9-12)17-11(2)16-18-14-6-4-5-7-15(14)19-16/h4-7,11-13,17H,3,8-10H2,1-2H3. The third kappa shape index (κ3) is 3.15. The summed E-state index contributed by atoms with van der Waals surface area (Å²) in [7, 11) is 0. The normalized spacial score (nSPS) is 18.6. The van der Waals surface area contributed by atoms with Gasteiger partial charge >= 0.3 is 0 Å². The molecular weight excluding hydrogens is 252 g/mol. The van der Waals surface area contributed by atoms with Gasteiger partial charge < -0.3 is 5.32 Å². The molecule has 1 N–H and O–H groups in total. The Bertz CT molecular complexity index is 511. The van der Waals surface area contributed by atoms with Gasteiger partial charge in [0.15, 0.2) is 0 Å². The zero-order valence-corrected chi connectivity index (χ0v) is 12.5. The minimum absolute atomic E-state index is 0.362. The van der Waals surface area contributed by atoms with Crippen LogP contribution in [0, 0.1) is 5.92 Å². The van der Waals surface area contributed by atoms with Gasteiger partial charge in [-0.25, -0.2) is 4.98 Å². The SMILES string of the molecule is CCC(CC1CC1)NC(C)c1nc2ccccc2s1. The number of hydrogen-bond acceptors (Lipinski definition) is 3. The first-order valence-corrected chi connectivity index (χ1v) is 8.19. The van der Waals surface area contributed by atoms with Crippen molar-refractivity contribution in [2.75, 3.05) is 0 Å². The Hall–Kier alpha value is -0.930. The van der Waals surface area contributed by atoms with Crippen LogP contribution >= 0.6 is 11.3 Å². The summed E-state index contributed by atoms with van der Waals surface area (Å²) in [6.45, 7) is 4.53. The molecule has 2 aromatic rings. The molecule has 0 saturated heterocycles. The summed E-state index contributed by atoms with van der Waals surface area (Å²) >= 11 is 1.82. The van der Waals surface area contributed by atoms with Crippen LogP contribution in [-0.2, 0) is 0 Å². The number of fused-ring (bicyclic) bond motifs is 1. The fourth-order valence-corrected chi connectivity index (χ4v) is 3.59. The highest BCUT2D eigenvalue weighted by Crippen LogP contribution is 2.35. The lowest BCUT2D eigenvalue weighted by Gasteiger charge is -2.20. The molecule has 1 aromatic carbocycles. The van der Waals surface area contributed by atoms with Crippen LogP contribution in [0.3, 0.4) is 0 Å². The average Bonchev–Trinajstić information content (AvgIpc) is 3.13. The quantitative estimate of drug-likeness (QED) is 0.837. The number of benzene rings is 1. The maximum atomic E-state index is 4.75. The summed E-state index contributed by atoms with van der Waals surface area (Å²) in [6.07, 6.45) is 5.43. The summed E-state index contributed by atoms with van der Waals surface area (Å²) in [6, 6.07) is 9.42. The Morgan fingerprint density at radius 2 is 2.16 bits per heavy atom. The third-order valence-electron chi connectivity index (χ3n) is 3.97. The first-order valence-electron chi connectivity index (χ1n) is 7.37. The van der Waals surface area contributed by atoms with Gasteiger partial charge in [0, 0.05) is 6.04 Å². The minimum Gasteiger partial charge on any atom is -0.305 e. The Balaban J connectivity index is 1.69. The van der Waals surface area contributed by atoms with Crippen molar-refractivity contribution in [2.45, 2.75) is 51.6 Å². The molecule has 1 aliphatic rings. The second kappa shape index (κ2) is 5.59. The van der Waals surface area contributed by atoms with Gasteiger partial charge in [-0.1, -0.05) is 31.9 Å². The predicted octanol–water partition coefficient (Wildman–Crippen LogP) is 4.53. The topological polar surface area (TPSA) is 24.9 Å². The summed E-state index contributed by atoms with van der Waals surface area (Å²) in [5.74, 6) is 0.986. The zero-order chi connectivity index (χ0) is 13.2. The largest absolute Gasteiger partial charge is 0.305 e. The van der Waals surface area contributed by atoms with Crippen molar-refractivity contribution in [3.05, 3.63) is 29.3 Å². The van der Waals surface area contributed by atoms with Crippen molar-refractivity contribution in [1.29, 1.82) is 0 Å². The smallest absolute Gasteiger partial charge is 0.111 e. The van der Waals surface area contributed by atoms with Crippen LogP contribution in [0.5, 0.6) is 0 Å². The van der Waals surface area contributed by atoms with E-state index in [-0.39, 0.29) is 0 Å². The lowest BCUT2D eigenvalue weighted by Crippen LogP contribution is -2.31. The van der Waals surface area contributed by atoms with Crippen LogP contribution in [0.1, 0.15) is 50.6 Å². The van der Waals surface area contributed by atoms with Gasteiger partial charge in [-0.2, -0.15) is 0 Å². The highest BCUT2D eigenvalue weighted by atomic mass is 32.1. The Morgan fingerprint density at radius 3 is 2.84 bits per heavy atom. The summed E-state index contributed by atoms with van der Waals surface area (Å²) in [5.41, 5.74) is 1.13. The van der Waals surface area contributed by atoms with Crippen molar-refractivity contribution in [3.63, 3.8) is 0 Å².